The van der Waals surface area contributed by atoms with E-state index in [1.165, 1.54) is 5.56 Å². The molecule has 3 nitrogen and oxygen atoms in total. The lowest BCUT2D eigenvalue weighted by molar-refractivity contribution is 0.325. The van der Waals surface area contributed by atoms with Crippen LogP contribution >= 0.6 is 0 Å². The molecular formula is C13H20N2O. The van der Waals surface area contributed by atoms with Gasteiger partial charge in [-0.15, -0.1) is 0 Å². The normalized spacial score (nSPS) is 21.2. The van der Waals surface area contributed by atoms with Crippen molar-refractivity contribution in [3.8, 4) is 5.75 Å². The lowest BCUT2D eigenvalue weighted by Crippen LogP contribution is -2.26. The summed E-state index contributed by atoms with van der Waals surface area (Å²) in [6, 6.07) is 8.70. The molecular weight excluding hydrogens is 200 g/mol. The molecule has 0 radical (unpaired) electrons. The third-order valence-electron chi connectivity index (χ3n) is 2.95. The number of likely N-dealkylation sites (tertiary alicyclic amines) is 1. The van der Waals surface area contributed by atoms with Crippen molar-refractivity contribution in [2.45, 2.75) is 25.9 Å². The van der Waals surface area contributed by atoms with Crippen molar-refractivity contribution in [2.24, 2.45) is 5.73 Å². The number of benzene rings is 1. The number of hydrogen-bond donors (Lipinski definition) is 1. The minimum absolute atomic E-state index is 0.364. The van der Waals surface area contributed by atoms with Crippen LogP contribution in [0.4, 0.5) is 0 Å². The van der Waals surface area contributed by atoms with Gasteiger partial charge in [0, 0.05) is 25.7 Å². The molecule has 1 atom stereocenters. The van der Waals surface area contributed by atoms with E-state index < -0.39 is 0 Å². The molecule has 2 N–H and O–H groups in total. The van der Waals surface area contributed by atoms with Crippen molar-refractivity contribution in [3.63, 3.8) is 0 Å². The van der Waals surface area contributed by atoms with Crippen LogP contribution < -0.4 is 10.5 Å². The summed E-state index contributed by atoms with van der Waals surface area (Å²) in [6.45, 7) is 5.86. The number of nitrogens with zero attached hydrogens (tertiary/aromatic N) is 1. The Morgan fingerprint density at radius 1 is 1.38 bits per heavy atom. The van der Waals surface area contributed by atoms with Gasteiger partial charge in [-0.25, -0.2) is 0 Å². The van der Waals surface area contributed by atoms with E-state index in [0.29, 0.717) is 6.04 Å². The van der Waals surface area contributed by atoms with Gasteiger partial charge in [-0.1, -0.05) is 12.1 Å². The van der Waals surface area contributed by atoms with Crippen LogP contribution in [0.1, 0.15) is 18.9 Å². The number of hydrogen-bond acceptors (Lipinski definition) is 3. The van der Waals surface area contributed by atoms with Crippen molar-refractivity contribution in [2.75, 3.05) is 19.7 Å². The predicted molar refractivity (Wildman–Crippen MR) is 65.5 cm³/mol. The van der Waals surface area contributed by atoms with Crippen LogP contribution in [-0.4, -0.2) is 30.6 Å². The minimum Gasteiger partial charge on any atom is -0.494 e. The number of rotatable bonds is 4. The zero-order valence-electron chi connectivity index (χ0n) is 9.86. The zero-order valence-corrected chi connectivity index (χ0v) is 9.86. The lowest BCUT2D eigenvalue weighted by atomic mass is 10.2. The summed E-state index contributed by atoms with van der Waals surface area (Å²) in [5, 5.41) is 0. The molecule has 88 valence electrons. The molecule has 0 aliphatic carbocycles. The van der Waals surface area contributed by atoms with E-state index in [-0.39, 0.29) is 0 Å². The van der Waals surface area contributed by atoms with Crippen LogP contribution in [-0.2, 0) is 6.54 Å². The first kappa shape index (κ1) is 11.4. The van der Waals surface area contributed by atoms with Gasteiger partial charge >= 0.3 is 0 Å². The highest BCUT2D eigenvalue weighted by Gasteiger charge is 2.18. The molecule has 1 saturated heterocycles. The monoisotopic (exact) mass is 220 g/mol. The smallest absolute Gasteiger partial charge is 0.119 e. The summed E-state index contributed by atoms with van der Waals surface area (Å²) in [6.07, 6.45) is 1.12. The van der Waals surface area contributed by atoms with Crippen molar-refractivity contribution in [1.29, 1.82) is 0 Å². The maximum absolute atomic E-state index is 5.88. The average Bonchev–Trinajstić information content (AvgIpc) is 2.67. The van der Waals surface area contributed by atoms with Crippen LogP contribution in [0.25, 0.3) is 0 Å². The van der Waals surface area contributed by atoms with Gasteiger partial charge in [0.1, 0.15) is 5.75 Å². The topological polar surface area (TPSA) is 38.5 Å². The summed E-state index contributed by atoms with van der Waals surface area (Å²) < 4.78 is 5.41. The average molecular weight is 220 g/mol. The van der Waals surface area contributed by atoms with Crippen molar-refractivity contribution in [3.05, 3.63) is 29.8 Å². The van der Waals surface area contributed by atoms with E-state index in [0.717, 1.165) is 38.4 Å². The van der Waals surface area contributed by atoms with E-state index in [2.05, 4.69) is 17.0 Å². The van der Waals surface area contributed by atoms with Gasteiger partial charge < -0.3 is 10.5 Å². The van der Waals surface area contributed by atoms with Gasteiger partial charge in [0.15, 0.2) is 0 Å². The summed E-state index contributed by atoms with van der Waals surface area (Å²) in [5.41, 5.74) is 7.21. The molecule has 0 saturated carbocycles. The number of ether oxygens (including phenoxy) is 1. The molecule has 16 heavy (non-hydrogen) atoms. The van der Waals surface area contributed by atoms with Gasteiger partial charge in [-0.3, -0.25) is 4.90 Å². The Hall–Kier alpha value is -1.06. The lowest BCUT2D eigenvalue weighted by Gasteiger charge is -2.15. The highest BCUT2D eigenvalue weighted by atomic mass is 16.5. The third kappa shape index (κ3) is 2.97. The third-order valence-corrected chi connectivity index (χ3v) is 2.95. The van der Waals surface area contributed by atoms with Crippen molar-refractivity contribution < 1.29 is 4.74 Å². The largest absolute Gasteiger partial charge is 0.494 e. The van der Waals surface area contributed by atoms with Gasteiger partial charge in [0.2, 0.25) is 0 Å². The van der Waals surface area contributed by atoms with E-state index in [9.17, 15) is 0 Å². The van der Waals surface area contributed by atoms with Crippen LogP contribution in [0.2, 0.25) is 0 Å². The summed E-state index contributed by atoms with van der Waals surface area (Å²) in [4.78, 5) is 2.40. The maximum Gasteiger partial charge on any atom is 0.119 e. The van der Waals surface area contributed by atoms with Crippen molar-refractivity contribution >= 4 is 0 Å². The summed E-state index contributed by atoms with van der Waals surface area (Å²) in [5.74, 6) is 0.948. The Labute approximate surface area is 97.2 Å². The fraction of sp³-hybridized carbons (Fsp3) is 0.538. The first-order valence-electron chi connectivity index (χ1n) is 5.97. The Bertz CT molecular complexity index is 323. The Balaban J connectivity index is 1.89. The quantitative estimate of drug-likeness (QED) is 0.838. The second-order valence-electron chi connectivity index (χ2n) is 4.36. The second kappa shape index (κ2) is 5.32. The molecule has 0 unspecified atom stereocenters. The van der Waals surface area contributed by atoms with Crippen molar-refractivity contribution in [1.82, 2.24) is 4.90 Å². The molecule has 1 heterocycles. The molecule has 3 heteroatoms. The highest BCUT2D eigenvalue weighted by molar-refractivity contribution is 5.27. The molecule has 0 bridgehead atoms. The zero-order chi connectivity index (χ0) is 11.4. The van der Waals surface area contributed by atoms with E-state index in [1.54, 1.807) is 0 Å². The number of nitrogens with two attached hydrogens (primary N) is 1. The Morgan fingerprint density at radius 3 is 2.69 bits per heavy atom. The van der Waals surface area contributed by atoms with E-state index in [4.69, 9.17) is 10.5 Å². The Kier molecular flexibility index (Phi) is 3.80. The summed E-state index contributed by atoms with van der Waals surface area (Å²) in [7, 11) is 0. The fourth-order valence-electron chi connectivity index (χ4n) is 2.12. The highest BCUT2D eigenvalue weighted by Crippen LogP contribution is 2.16. The maximum atomic E-state index is 5.88. The summed E-state index contributed by atoms with van der Waals surface area (Å²) >= 11 is 0. The predicted octanol–water partition coefficient (Wildman–Crippen LogP) is 1.62. The molecule has 1 aliphatic rings. The van der Waals surface area contributed by atoms with Gasteiger partial charge in [0.05, 0.1) is 6.61 Å². The minimum atomic E-state index is 0.364. The van der Waals surface area contributed by atoms with Crippen LogP contribution in [0.3, 0.4) is 0 Å². The molecule has 2 rings (SSSR count). The Morgan fingerprint density at radius 2 is 2.12 bits per heavy atom. The molecule has 1 aromatic rings. The second-order valence-corrected chi connectivity index (χ2v) is 4.36. The van der Waals surface area contributed by atoms with Crippen LogP contribution in [0.15, 0.2) is 24.3 Å². The van der Waals surface area contributed by atoms with Gasteiger partial charge in [-0.05, 0) is 31.0 Å². The molecule has 0 aromatic heterocycles. The fourth-order valence-corrected chi connectivity index (χ4v) is 2.12. The molecule has 1 aromatic carbocycles. The molecule has 0 amide bonds. The van der Waals surface area contributed by atoms with Gasteiger partial charge in [0.25, 0.3) is 0 Å². The molecule has 1 fully saturated rings. The first-order chi connectivity index (χ1) is 7.78. The van der Waals surface area contributed by atoms with E-state index in [1.807, 2.05) is 19.1 Å². The van der Waals surface area contributed by atoms with E-state index >= 15 is 0 Å². The first-order valence-corrected chi connectivity index (χ1v) is 5.97. The SMILES string of the molecule is CCOc1ccc(CN2CC[C@@H](N)C2)cc1. The van der Waals surface area contributed by atoms with Crippen LogP contribution in [0.5, 0.6) is 5.75 Å². The van der Waals surface area contributed by atoms with Crippen LogP contribution in [0, 0.1) is 0 Å². The standard InChI is InChI=1S/C13H20N2O/c1-2-16-13-5-3-11(4-6-13)9-15-8-7-12(14)10-15/h3-6,12H,2,7-10,14H2,1H3/t12-/m1/s1. The molecule has 0 spiro atoms. The molecule has 1 aliphatic heterocycles. The van der Waals surface area contributed by atoms with Gasteiger partial charge in [-0.2, -0.15) is 0 Å².